The van der Waals surface area contributed by atoms with Crippen molar-refractivity contribution < 1.29 is 4.84 Å². The summed E-state index contributed by atoms with van der Waals surface area (Å²) in [4.78, 5) is 13.8. The molecule has 0 amide bonds. The molecule has 114 valence electrons. The predicted molar refractivity (Wildman–Crippen MR) is 85.2 cm³/mol. The summed E-state index contributed by atoms with van der Waals surface area (Å²) in [6.45, 7) is 5.74. The lowest BCUT2D eigenvalue weighted by molar-refractivity contribution is -0.166. The van der Waals surface area contributed by atoms with Crippen LogP contribution in [0, 0.1) is 6.92 Å². The number of hydrogen-bond donors (Lipinski definition) is 2. The lowest BCUT2D eigenvalue weighted by Gasteiger charge is -2.36. The highest BCUT2D eigenvalue weighted by molar-refractivity contribution is 6.35. The van der Waals surface area contributed by atoms with Crippen LogP contribution in [0.25, 0.3) is 0 Å². The van der Waals surface area contributed by atoms with E-state index in [0.29, 0.717) is 10.0 Å². The molecule has 0 saturated carbocycles. The van der Waals surface area contributed by atoms with E-state index in [1.165, 1.54) is 5.06 Å². The van der Waals surface area contributed by atoms with Gasteiger partial charge in [-0.05, 0) is 38.0 Å². The third kappa shape index (κ3) is 3.40. The van der Waals surface area contributed by atoms with Crippen molar-refractivity contribution in [3.8, 4) is 0 Å². The Morgan fingerprint density at radius 3 is 2.52 bits per heavy atom. The number of aliphatic imine (C=N–C) groups is 2. The first kappa shape index (κ1) is 15.9. The highest BCUT2D eigenvalue weighted by atomic mass is 35.5. The highest BCUT2D eigenvalue weighted by Crippen LogP contribution is 2.27. The number of nitrogens with zero attached hydrogens (tertiary/aromatic N) is 3. The number of rotatable bonds is 3. The number of guanidine groups is 2. The molecule has 0 fully saturated rings. The molecule has 6 nitrogen and oxygen atoms in total. The molecule has 1 heterocycles. The van der Waals surface area contributed by atoms with Gasteiger partial charge < -0.3 is 11.5 Å². The van der Waals surface area contributed by atoms with Crippen molar-refractivity contribution in [2.24, 2.45) is 21.5 Å². The van der Waals surface area contributed by atoms with Crippen LogP contribution in [-0.2, 0) is 11.4 Å². The third-order valence-corrected chi connectivity index (χ3v) is 3.76. The van der Waals surface area contributed by atoms with Gasteiger partial charge in [0.2, 0.25) is 11.9 Å². The monoisotopic (exact) mass is 329 g/mol. The van der Waals surface area contributed by atoms with Crippen LogP contribution in [-0.4, -0.2) is 22.6 Å². The minimum atomic E-state index is -0.746. The van der Waals surface area contributed by atoms with E-state index in [4.69, 9.17) is 39.5 Å². The molecule has 4 N–H and O–H groups in total. The SMILES string of the molecule is Cc1cc(CON2C(N)=NC(N)=NC2(C)C)c(Cl)cc1Cl. The number of halogens is 2. The minimum absolute atomic E-state index is 0.123. The largest absolute Gasteiger partial charge is 0.368 e. The number of hydrogen-bond acceptors (Lipinski definition) is 6. The smallest absolute Gasteiger partial charge is 0.226 e. The zero-order valence-electron chi connectivity index (χ0n) is 12.0. The molecule has 0 atom stereocenters. The van der Waals surface area contributed by atoms with Gasteiger partial charge in [-0.15, -0.1) is 0 Å². The van der Waals surface area contributed by atoms with Crippen LogP contribution in [0.4, 0.5) is 0 Å². The normalized spacial score (nSPS) is 17.5. The van der Waals surface area contributed by atoms with Crippen LogP contribution in [0.3, 0.4) is 0 Å². The molecule has 0 bridgehead atoms. The Morgan fingerprint density at radius 1 is 1.24 bits per heavy atom. The first-order chi connectivity index (χ1) is 9.70. The fraction of sp³-hybridized carbons (Fsp3) is 0.385. The van der Waals surface area contributed by atoms with Crippen molar-refractivity contribution in [3.63, 3.8) is 0 Å². The summed E-state index contributed by atoms with van der Waals surface area (Å²) in [5, 5.41) is 2.54. The Kier molecular flexibility index (Phi) is 4.32. The standard InChI is InChI=1S/C13H17Cl2N5O/c1-7-4-8(10(15)5-9(7)14)6-21-20-12(17)18-11(16)19-13(20,2)3/h4-5H,6H2,1-3H3,(H4,16,17,18,19). The number of benzene rings is 1. The predicted octanol–water partition coefficient (Wildman–Crippen LogP) is 2.41. The maximum absolute atomic E-state index is 6.16. The second-order valence-corrected chi connectivity index (χ2v) is 6.01. The average molecular weight is 330 g/mol. The molecule has 1 aliphatic rings. The Balaban J connectivity index is 2.17. The van der Waals surface area contributed by atoms with Crippen molar-refractivity contribution in [1.29, 1.82) is 0 Å². The molecule has 2 rings (SSSR count). The van der Waals surface area contributed by atoms with Crippen LogP contribution < -0.4 is 11.5 Å². The number of hydroxylamine groups is 2. The van der Waals surface area contributed by atoms with Crippen LogP contribution >= 0.6 is 23.2 Å². The van der Waals surface area contributed by atoms with E-state index < -0.39 is 5.66 Å². The van der Waals surface area contributed by atoms with Gasteiger partial charge in [-0.25, -0.2) is 4.99 Å². The molecule has 0 saturated heterocycles. The highest BCUT2D eigenvalue weighted by Gasteiger charge is 2.33. The van der Waals surface area contributed by atoms with Crippen molar-refractivity contribution in [1.82, 2.24) is 5.06 Å². The maximum Gasteiger partial charge on any atom is 0.226 e. The van der Waals surface area contributed by atoms with Crippen LogP contribution in [0.1, 0.15) is 25.0 Å². The van der Waals surface area contributed by atoms with E-state index in [1.54, 1.807) is 6.07 Å². The van der Waals surface area contributed by atoms with Crippen molar-refractivity contribution in [2.45, 2.75) is 33.0 Å². The van der Waals surface area contributed by atoms with Crippen molar-refractivity contribution in [3.05, 3.63) is 33.3 Å². The summed E-state index contributed by atoms with van der Waals surface area (Å²) in [5.74, 6) is 0.270. The Bertz CT molecular complexity index is 627. The summed E-state index contributed by atoms with van der Waals surface area (Å²) in [6.07, 6.45) is 0. The van der Waals surface area contributed by atoms with Gasteiger partial charge in [0, 0.05) is 10.0 Å². The second kappa shape index (κ2) is 5.71. The maximum atomic E-state index is 6.16. The molecule has 0 aliphatic carbocycles. The third-order valence-electron chi connectivity index (χ3n) is 3.00. The Labute approximate surface area is 133 Å². The summed E-state index contributed by atoms with van der Waals surface area (Å²) in [7, 11) is 0. The quantitative estimate of drug-likeness (QED) is 0.891. The van der Waals surface area contributed by atoms with Crippen molar-refractivity contribution in [2.75, 3.05) is 0 Å². The van der Waals surface area contributed by atoms with Gasteiger partial charge in [0.1, 0.15) is 6.61 Å². The number of nitrogens with two attached hydrogens (primary N) is 2. The molecule has 1 aromatic carbocycles. The lowest BCUT2D eigenvalue weighted by atomic mass is 10.1. The van der Waals surface area contributed by atoms with E-state index in [9.17, 15) is 0 Å². The fourth-order valence-corrected chi connectivity index (χ4v) is 2.42. The molecule has 0 radical (unpaired) electrons. The van der Waals surface area contributed by atoms with Crippen LogP contribution in [0.15, 0.2) is 22.1 Å². The van der Waals surface area contributed by atoms with Gasteiger partial charge in [0.25, 0.3) is 0 Å². The molecule has 1 aliphatic heterocycles. The molecular formula is C13H17Cl2N5O. The first-order valence-corrected chi connectivity index (χ1v) is 7.03. The zero-order valence-corrected chi connectivity index (χ0v) is 13.5. The molecule has 0 aromatic heterocycles. The Hall–Kier alpha value is -1.50. The van der Waals surface area contributed by atoms with E-state index in [-0.39, 0.29) is 18.5 Å². The molecule has 0 spiro atoms. The molecule has 1 aromatic rings. The molecule has 0 unspecified atom stereocenters. The fourth-order valence-electron chi connectivity index (χ4n) is 1.98. The molecular weight excluding hydrogens is 313 g/mol. The van der Waals surface area contributed by atoms with Gasteiger partial charge in [-0.3, -0.25) is 4.84 Å². The van der Waals surface area contributed by atoms with Gasteiger partial charge >= 0.3 is 0 Å². The van der Waals surface area contributed by atoms with E-state index in [2.05, 4.69) is 9.98 Å². The van der Waals surface area contributed by atoms with Gasteiger partial charge in [0.05, 0.1) is 0 Å². The first-order valence-electron chi connectivity index (χ1n) is 6.28. The van der Waals surface area contributed by atoms with E-state index in [0.717, 1.165) is 11.1 Å². The van der Waals surface area contributed by atoms with Crippen LogP contribution in [0.2, 0.25) is 10.0 Å². The van der Waals surface area contributed by atoms with Gasteiger partial charge in [-0.2, -0.15) is 10.1 Å². The topological polar surface area (TPSA) is 89.2 Å². The summed E-state index contributed by atoms with van der Waals surface area (Å²) in [5.41, 5.74) is 12.4. The zero-order chi connectivity index (χ0) is 15.8. The average Bonchev–Trinajstić information content (AvgIpc) is 2.32. The summed E-state index contributed by atoms with van der Waals surface area (Å²) >= 11 is 12.2. The number of aryl methyl sites for hydroxylation is 1. The molecule has 8 heteroatoms. The lowest BCUT2D eigenvalue weighted by Crippen LogP contribution is -2.53. The minimum Gasteiger partial charge on any atom is -0.368 e. The summed E-state index contributed by atoms with van der Waals surface area (Å²) < 4.78 is 0. The summed E-state index contributed by atoms with van der Waals surface area (Å²) in [6, 6.07) is 3.55. The van der Waals surface area contributed by atoms with Gasteiger partial charge in [0.15, 0.2) is 5.66 Å². The van der Waals surface area contributed by atoms with Crippen LogP contribution in [0.5, 0.6) is 0 Å². The van der Waals surface area contributed by atoms with Crippen molar-refractivity contribution >= 4 is 35.1 Å². The molecule has 21 heavy (non-hydrogen) atoms. The van der Waals surface area contributed by atoms with E-state index >= 15 is 0 Å². The van der Waals surface area contributed by atoms with Gasteiger partial charge in [-0.1, -0.05) is 29.3 Å². The second-order valence-electron chi connectivity index (χ2n) is 5.20. The van der Waals surface area contributed by atoms with E-state index in [1.807, 2.05) is 26.8 Å². The Morgan fingerprint density at radius 2 is 1.90 bits per heavy atom.